The maximum atomic E-state index is 12.7. The first-order chi connectivity index (χ1) is 9.86. The van der Waals surface area contributed by atoms with Crippen molar-refractivity contribution >= 4 is 21.9 Å². The number of carbonyl (C=O) groups is 2. The molecule has 2 fully saturated rings. The minimum absolute atomic E-state index is 0.270. The highest BCUT2D eigenvalue weighted by Crippen LogP contribution is 2.26. The van der Waals surface area contributed by atoms with Crippen LogP contribution in [0.2, 0.25) is 0 Å². The number of nitrogens with zero attached hydrogens (tertiary/aromatic N) is 2. The summed E-state index contributed by atoms with van der Waals surface area (Å²) in [6.07, 6.45) is 4.56. The number of esters is 1. The van der Waals surface area contributed by atoms with Crippen LogP contribution >= 0.6 is 0 Å². The molecule has 0 aliphatic carbocycles. The molecule has 1 amide bonds. The van der Waals surface area contributed by atoms with Gasteiger partial charge in [0.1, 0.15) is 12.1 Å². The fraction of sp³-hybridized carbons (Fsp3) is 0.846. The van der Waals surface area contributed by atoms with Crippen LogP contribution in [0.5, 0.6) is 0 Å². The molecule has 2 heterocycles. The van der Waals surface area contributed by atoms with Crippen molar-refractivity contribution in [3.63, 3.8) is 0 Å². The van der Waals surface area contributed by atoms with Gasteiger partial charge < -0.3 is 9.64 Å². The standard InChI is InChI=1S/C13H22N2O5S/c1-20-13(17)11-6-3-4-8-14(11)12(16)10-7-5-9-15(10)21(2,18)19/h10-11H,3-9H2,1-2H3/t10?,11-/m1/s1. The van der Waals surface area contributed by atoms with Gasteiger partial charge >= 0.3 is 5.97 Å². The lowest BCUT2D eigenvalue weighted by atomic mass is 10.0. The Kier molecular flexibility index (Phi) is 4.88. The van der Waals surface area contributed by atoms with Crippen LogP contribution in [0.1, 0.15) is 32.1 Å². The van der Waals surface area contributed by atoms with Crippen molar-refractivity contribution in [2.45, 2.75) is 44.2 Å². The normalized spacial score (nSPS) is 27.6. The van der Waals surface area contributed by atoms with Gasteiger partial charge in [-0.2, -0.15) is 4.31 Å². The van der Waals surface area contributed by atoms with E-state index in [-0.39, 0.29) is 5.91 Å². The number of hydrogen-bond acceptors (Lipinski definition) is 5. The number of amides is 1. The van der Waals surface area contributed by atoms with Crippen molar-refractivity contribution in [1.82, 2.24) is 9.21 Å². The topological polar surface area (TPSA) is 84.0 Å². The van der Waals surface area contributed by atoms with E-state index in [2.05, 4.69) is 0 Å². The average Bonchev–Trinajstić information content (AvgIpc) is 2.95. The van der Waals surface area contributed by atoms with Crippen LogP contribution in [0.4, 0.5) is 0 Å². The molecule has 0 spiro atoms. The van der Waals surface area contributed by atoms with E-state index >= 15 is 0 Å². The molecule has 1 unspecified atom stereocenters. The molecule has 0 N–H and O–H groups in total. The Bertz CT molecular complexity index is 519. The number of piperidine rings is 1. The van der Waals surface area contributed by atoms with Crippen LogP contribution in [0, 0.1) is 0 Å². The summed E-state index contributed by atoms with van der Waals surface area (Å²) in [5.74, 6) is -0.694. The van der Waals surface area contributed by atoms with E-state index in [0.29, 0.717) is 32.4 Å². The smallest absolute Gasteiger partial charge is 0.328 e. The number of rotatable bonds is 3. The van der Waals surface area contributed by atoms with E-state index in [9.17, 15) is 18.0 Å². The Morgan fingerprint density at radius 3 is 2.33 bits per heavy atom. The molecular weight excluding hydrogens is 296 g/mol. The number of carbonyl (C=O) groups excluding carboxylic acids is 2. The highest BCUT2D eigenvalue weighted by Gasteiger charge is 2.42. The lowest BCUT2D eigenvalue weighted by Crippen LogP contribution is -2.55. The van der Waals surface area contributed by atoms with Gasteiger partial charge in [-0.25, -0.2) is 13.2 Å². The van der Waals surface area contributed by atoms with Gasteiger partial charge in [0, 0.05) is 13.1 Å². The number of sulfonamides is 1. The van der Waals surface area contributed by atoms with Crippen LogP contribution in [-0.2, 0) is 24.3 Å². The second kappa shape index (κ2) is 6.31. The third-order valence-corrected chi connectivity index (χ3v) is 5.46. The predicted octanol–water partition coefficient (Wildman–Crippen LogP) is -0.0355. The fourth-order valence-electron chi connectivity index (χ4n) is 3.15. The van der Waals surface area contributed by atoms with Crippen molar-refractivity contribution < 1.29 is 22.7 Å². The van der Waals surface area contributed by atoms with Crippen LogP contribution in [0.25, 0.3) is 0 Å². The molecule has 0 radical (unpaired) electrons. The molecule has 0 saturated carbocycles. The number of hydrogen-bond donors (Lipinski definition) is 0. The van der Waals surface area contributed by atoms with Crippen molar-refractivity contribution in [2.75, 3.05) is 26.5 Å². The van der Waals surface area contributed by atoms with E-state index < -0.39 is 28.1 Å². The monoisotopic (exact) mass is 318 g/mol. The summed E-state index contributed by atoms with van der Waals surface area (Å²) in [4.78, 5) is 26.0. The van der Waals surface area contributed by atoms with Crippen molar-refractivity contribution in [1.29, 1.82) is 0 Å². The molecule has 0 aromatic heterocycles. The van der Waals surface area contributed by atoms with Crippen LogP contribution in [-0.4, -0.2) is 68.0 Å². The predicted molar refractivity (Wildman–Crippen MR) is 75.9 cm³/mol. The zero-order valence-corrected chi connectivity index (χ0v) is 13.3. The van der Waals surface area contributed by atoms with Gasteiger partial charge in [-0.15, -0.1) is 0 Å². The van der Waals surface area contributed by atoms with Gasteiger partial charge in [0.2, 0.25) is 15.9 Å². The van der Waals surface area contributed by atoms with Crippen molar-refractivity contribution in [3.05, 3.63) is 0 Å². The maximum absolute atomic E-state index is 12.7. The second-order valence-electron chi connectivity index (χ2n) is 5.60. The van der Waals surface area contributed by atoms with Gasteiger partial charge in [0.25, 0.3) is 0 Å². The Morgan fingerprint density at radius 1 is 1.05 bits per heavy atom. The summed E-state index contributed by atoms with van der Waals surface area (Å²) < 4.78 is 29.5. The second-order valence-corrected chi connectivity index (χ2v) is 7.53. The summed E-state index contributed by atoms with van der Waals surface area (Å²) in [5, 5.41) is 0. The molecule has 2 atom stereocenters. The molecule has 0 bridgehead atoms. The highest BCUT2D eigenvalue weighted by atomic mass is 32.2. The van der Waals surface area contributed by atoms with E-state index in [4.69, 9.17) is 4.74 Å². The Labute approximate surface area is 125 Å². The molecule has 2 rings (SSSR count). The first-order valence-corrected chi connectivity index (χ1v) is 9.06. The van der Waals surface area contributed by atoms with Gasteiger partial charge in [-0.1, -0.05) is 0 Å². The van der Waals surface area contributed by atoms with E-state index in [0.717, 1.165) is 19.1 Å². The largest absolute Gasteiger partial charge is 0.467 e. The fourth-order valence-corrected chi connectivity index (χ4v) is 4.27. The minimum Gasteiger partial charge on any atom is -0.467 e. The first kappa shape index (κ1) is 16.2. The average molecular weight is 318 g/mol. The maximum Gasteiger partial charge on any atom is 0.328 e. The Balaban J connectivity index is 2.19. The SMILES string of the molecule is COC(=O)[C@H]1CCCCN1C(=O)C1CCCN1S(C)(=O)=O. The highest BCUT2D eigenvalue weighted by molar-refractivity contribution is 7.88. The summed E-state index contributed by atoms with van der Waals surface area (Å²) in [6.45, 7) is 0.846. The third kappa shape index (κ3) is 3.37. The summed E-state index contributed by atoms with van der Waals surface area (Å²) >= 11 is 0. The first-order valence-electron chi connectivity index (χ1n) is 7.21. The summed E-state index contributed by atoms with van der Waals surface area (Å²) in [5.41, 5.74) is 0. The van der Waals surface area contributed by atoms with E-state index in [1.807, 2.05) is 0 Å². The summed E-state index contributed by atoms with van der Waals surface area (Å²) in [7, 11) is -2.11. The molecule has 21 heavy (non-hydrogen) atoms. The van der Waals surface area contributed by atoms with E-state index in [1.54, 1.807) is 0 Å². The zero-order chi connectivity index (χ0) is 15.6. The molecule has 8 heteroatoms. The zero-order valence-electron chi connectivity index (χ0n) is 12.4. The minimum atomic E-state index is -3.41. The quantitative estimate of drug-likeness (QED) is 0.682. The van der Waals surface area contributed by atoms with E-state index in [1.165, 1.54) is 16.3 Å². The number of ether oxygens (including phenoxy) is 1. The number of likely N-dealkylation sites (tertiary alicyclic amines) is 1. The van der Waals surface area contributed by atoms with Crippen molar-refractivity contribution in [2.24, 2.45) is 0 Å². The molecular formula is C13H22N2O5S. The molecule has 2 saturated heterocycles. The van der Waals surface area contributed by atoms with Gasteiger partial charge in [0.05, 0.1) is 13.4 Å². The van der Waals surface area contributed by atoms with Gasteiger partial charge in [0.15, 0.2) is 0 Å². The number of methoxy groups -OCH3 is 1. The molecule has 120 valence electrons. The van der Waals surface area contributed by atoms with Crippen LogP contribution < -0.4 is 0 Å². The molecule has 0 aromatic carbocycles. The lowest BCUT2D eigenvalue weighted by molar-refractivity contribution is -0.155. The van der Waals surface area contributed by atoms with Gasteiger partial charge in [-0.05, 0) is 32.1 Å². The van der Waals surface area contributed by atoms with Crippen LogP contribution in [0.15, 0.2) is 0 Å². The van der Waals surface area contributed by atoms with Crippen LogP contribution in [0.3, 0.4) is 0 Å². The molecule has 2 aliphatic rings. The summed E-state index contributed by atoms with van der Waals surface area (Å²) in [6, 6.07) is -1.26. The molecule has 0 aromatic rings. The van der Waals surface area contributed by atoms with Gasteiger partial charge in [-0.3, -0.25) is 4.79 Å². The third-order valence-electron chi connectivity index (χ3n) is 4.17. The lowest BCUT2D eigenvalue weighted by Gasteiger charge is -2.36. The Hall–Kier alpha value is -1.15. The Morgan fingerprint density at radius 2 is 1.71 bits per heavy atom. The van der Waals surface area contributed by atoms with Crippen molar-refractivity contribution in [3.8, 4) is 0 Å². The molecule has 2 aliphatic heterocycles. The molecule has 7 nitrogen and oxygen atoms in total.